The zero-order valence-electron chi connectivity index (χ0n) is 12.2. The Morgan fingerprint density at radius 1 is 1.32 bits per heavy atom. The van der Waals surface area contributed by atoms with Gasteiger partial charge in [-0.15, -0.1) is 0 Å². The average Bonchev–Trinajstić information content (AvgIpc) is 3.21. The highest BCUT2D eigenvalue weighted by molar-refractivity contribution is 6.33. The second-order valence-corrected chi connectivity index (χ2v) is 5.93. The smallest absolute Gasteiger partial charge is 0.0642 e. The van der Waals surface area contributed by atoms with Crippen LogP contribution in [0.3, 0.4) is 0 Å². The van der Waals surface area contributed by atoms with E-state index in [9.17, 15) is 0 Å². The van der Waals surface area contributed by atoms with Crippen molar-refractivity contribution >= 4 is 17.3 Å². The van der Waals surface area contributed by atoms with Crippen LogP contribution >= 0.6 is 11.6 Å². The maximum Gasteiger partial charge on any atom is 0.0642 e. The molecule has 0 heterocycles. The molecule has 1 aromatic rings. The normalized spacial score (nSPS) is 15.0. The van der Waals surface area contributed by atoms with Crippen molar-refractivity contribution in [1.29, 1.82) is 0 Å². The summed E-state index contributed by atoms with van der Waals surface area (Å²) in [5, 5.41) is 4.39. The van der Waals surface area contributed by atoms with E-state index in [-0.39, 0.29) is 0 Å². The van der Waals surface area contributed by atoms with Gasteiger partial charge in [-0.25, -0.2) is 0 Å². The van der Waals surface area contributed by atoms with E-state index in [4.69, 9.17) is 11.6 Å². The van der Waals surface area contributed by atoms with Crippen molar-refractivity contribution < 1.29 is 0 Å². The van der Waals surface area contributed by atoms with E-state index in [1.54, 1.807) is 0 Å². The van der Waals surface area contributed by atoms with Gasteiger partial charge in [-0.2, -0.15) is 0 Å². The van der Waals surface area contributed by atoms with E-state index >= 15 is 0 Å². The maximum atomic E-state index is 6.44. The van der Waals surface area contributed by atoms with Gasteiger partial charge in [0.1, 0.15) is 0 Å². The molecule has 2 nitrogen and oxygen atoms in total. The predicted molar refractivity (Wildman–Crippen MR) is 84.1 cm³/mol. The highest BCUT2D eigenvalue weighted by Crippen LogP contribution is 2.29. The molecule has 106 valence electrons. The molecule has 0 atom stereocenters. The lowest BCUT2D eigenvalue weighted by Gasteiger charge is -2.29. The Labute approximate surface area is 122 Å². The highest BCUT2D eigenvalue weighted by atomic mass is 35.5. The summed E-state index contributed by atoms with van der Waals surface area (Å²) in [6.45, 7) is 5.39. The fraction of sp³-hybridized carbons (Fsp3) is 0.625. The molecule has 1 fully saturated rings. The third-order valence-electron chi connectivity index (χ3n) is 4.05. The topological polar surface area (TPSA) is 15.3 Å². The molecule has 3 heteroatoms. The summed E-state index contributed by atoms with van der Waals surface area (Å²) in [6.07, 6.45) is 4.94. The van der Waals surface area contributed by atoms with Gasteiger partial charge in [-0.3, -0.25) is 0 Å². The molecule has 0 saturated heterocycles. The summed E-state index contributed by atoms with van der Waals surface area (Å²) in [4.78, 5) is 2.31. The highest BCUT2D eigenvalue weighted by Gasteiger charge is 2.20. The van der Waals surface area contributed by atoms with Crippen molar-refractivity contribution in [1.82, 2.24) is 5.32 Å². The molecule has 0 radical (unpaired) electrons. The predicted octanol–water partition coefficient (Wildman–Crippen LogP) is 4.22. The molecule has 0 aromatic heterocycles. The zero-order chi connectivity index (χ0) is 13.8. The van der Waals surface area contributed by atoms with E-state index in [1.807, 2.05) is 0 Å². The first kappa shape index (κ1) is 14.7. The SMILES string of the molecule is CCC(CC)N(C)c1ccc(CNC2CC2)cc1Cl. The quantitative estimate of drug-likeness (QED) is 0.805. The van der Waals surface area contributed by atoms with Gasteiger partial charge >= 0.3 is 0 Å². The molecule has 1 N–H and O–H groups in total. The molecule has 2 rings (SSSR count). The molecule has 0 amide bonds. The van der Waals surface area contributed by atoms with Crippen molar-refractivity contribution in [3.05, 3.63) is 28.8 Å². The fourth-order valence-corrected chi connectivity index (χ4v) is 2.87. The molecule has 19 heavy (non-hydrogen) atoms. The Morgan fingerprint density at radius 2 is 2.00 bits per heavy atom. The lowest BCUT2D eigenvalue weighted by Crippen LogP contribution is -2.30. The molecule has 0 unspecified atom stereocenters. The minimum absolute atomic E-state index is 0.563. The molecule has 0 bridgehead atoms. The monoisotopic (exact) mass is 280 g/mol. The minimum atomic E-state index is 0.563. The van der Waals surface area contributed by atoms with Crippen LogP contribution in [0.4, 0.5) is 5.69 Å². The number of nitrogens with one attached hydrogen (secondary N) is 1. The van der Waals surface area contributed by atoms with Gasteiger partial charge in [0.2, 0.25) is 0 Å². The Bertz CT molecular complexity index is 411. The van der Waals surface area contributed by atoms with Gasteiger partial charge in [0.05, 0.1) is 10.7 Å². The van der Waals surface area contributed by atoms with Gasteiger partial charge < -0.3 is 10.2 Å². The number of hydrogen-bond donors (Lipinski definition) is 1. The van der Waals surface area contributed by atoms with E-state index in [0.29, 0.717) is 6.04 Å². The lowest BCUT2D eigenvalue weighted by molar-refractivity contribution is 0.591. The Hall–Kier alpha value is -0.730. The number of rotatable bonds is 7. The number of hydrogen-bond acceptors (Lipinski definition) is 2. The number of anilines is 1. The first-order valence-corrected chi connectivity index (χ1v) is 7.78. The van der Waals surface area contributed by atoms with Crippen LogP contribution in [0.2, 0.25) is 5.02 Å². The van der Waals surface area contributed by atoms with E-state index in [2.05, 4.69) is 49.3 Å². The minimum Gasteiger partial charge on any atom is -0.370 e. The van der Waals surface area contributed by atoms with Crippen LogP contribution in [0.15, 0.2) is 18.2 Å². The van der Waals surface area contributed by atoms with E-state index in [1.165, 1.54) is 18.4 Å². The van der Waals surface area contributed by atoms with Crippen molar-refractivity contribution in [2.45, 2.75) is 58.2 Å². The van der Waals surface area contributed by atoms with Crippen LogP contribution < -0.4 is 10.2 Å². The molecular weight excluding hydrogens is 256 g/mol. The molecule has 1 saturated carbocycles. The lowest BCUT2D eigenvalue weighted by atomic mass is 10.1. The number of nitrogens with zero attached hydrogens (tertiary/aromatic N) is 1. The standard InChI is InChI=1S/C16H25ClN2/c1-4-14(5-2)19(3)16-9-6-12(10-15(16)17)11-18-13-7-8-13/h6,9-10,13-14,18H,4-5,7-8,11H2,1-3H3. The third-order valence-corrected chi connectivity index (χ3v) is 4.36. The second-order valence-electron chi connectivity index (χ2n) is 5.52. The average molecular weight is 281 g/mol. The summed E-state index contributed by atoms with van der Waals surface area (Å²) >= 11 is 6.44. The number of halogens is 1. The van der Waals surface area contributed by atoms with Crippen LogP contribution in [0.5, 0.6) is 0 Å². The largest absolute Gasteiger partial charge is 0.370 e. The van der Waals surface area contributed by atoms with Crippen LogP contribution in [0.25, 0.3) is 0 Å². The Kier molecular flexibility index (Phi) is 5.12. The summed E-state index contributed by atoms with van der Waals surface area (Å²) in [5.41, 5.74) is 2.42. The zero-order valence-corrected chi connectivity index (χ0v) is 13.0. The van der Waals surface area contributed by atoms with Crippen LogP contribution in [0, 0.1) is 0 Å². The maximum absolute atomic E-state index is 6.44. The van der Waals surface area contributed by atoms with Gasteiger partial charge in [0, 0.05) is 25.7 Å². The molecule has 0 aliphatic heterocycles. The van der Waals surface area contributed by atoms with Gasteiger partial charge in [0.25, 0.3) is 0 Å². The van der Waals surface area contributed by atoms with Crippen LogP contribution in [-0.2, 0) is 6.54 Å². The van der Waals surface area contributed by atoms with Crippen molar-refractivity contribution in [3.8, 4) is 0 Å². The van der Waals surface area contributed by atoms with Crippen molar-refractivity contribution in [2.75, 3.05) is 11.9 Å². The second kappa shape index (κ2) is 6.62. The first-order valence-electron chi connectivity index (χ1n) is 7.40. The summed E-state index contributed by atoms with van der Waals surface area (Å²) in [6, 6.07) is 7.75. The van der Waals surface area contributed by atoms with Gasteiger partial charge in [-0.1, -0.05) is 31.5 Å². The number of benzene rings is 1. The molecule has 1 aromatic carbocycles. The summed E-state index contributed by atoms with van der Waals surface area (Å²) < 4.78 is 0. The summed E-state index contributed by atoms with van der Waals surface area (Å²) in [5.74, 6) is 0. The molecule has 1 aliphatic carbocycles. The van der Waals surface area contributed by atoms with Crippen molar-refractivity contribution in [2.24, 2.45) is 0 Å². The van der Waals surface area contributed by atoms with E-state index < -0.39 is 0 Å². The Morgan fingerprint density at radius 3 is 2.53 bits per heavy atom. The van der Waals surface area contributed by atoms with Gasteiger partial charge in [-0.05, 0) is 43.4 Å². The third kappa shape index (κ3) is 3.87. The summed E-state index contributed by atoms with van der Waals surface area (Å²) in [7, 11) is 2.14. The van der Waals surface area contributed by atoms with E-state index in [0.717, 1.165) is 36.1 Å². The Balaban J connectivity index is 2.04. The van der Waals surface area contributed by atoms with Gasteiger partial charge in [0.15, 0.2) is 0 Å². The molecular formula is C16H25ClN2. The molecule has 0 spiro atoms. The van der Waals surface area contributed by atoms with Crippen molar-refractivity contribution in [3.63, 3.8) is 0 Å². The van der Waals surface area contributed by atoms with Crippen LogP contribution in [-0.4, -0.2) is 19.1 Å². The molecule has 1 aliphatic rings. The first-order chi connectivity index (χ1) is 9.15. The van der Waals surface area contributed by atoms with Crippen LogP contribution in [0.1, 0.15) is 45.1 Å². The fourth-order valence-electron chi connectivity index (χ4n) is 2.53.